The van der Waals surface area contributed by atoms with Gasteiger partial charge in [0.15, 0.2) is 0 Å². The Morgan fingerprint density at radius 1 is 1.08 bits per heavy atom. The average Bonchev–Trinajstić information content (AvgIpc) is 2.63. The Bertz CT molecular complexity index is 477. The number of ether oxygens (including phenoxy) is 1. The van der Waals surface area contributed by atoms with Crippen LogP contribution in [-0.4, -0.2) is 6.61 Å². The van der Waals surface area contributed by atoms with E-state index in [9.17, 15) is 0 Å². The first kappa shape index (κ1) is 19.0. The zero-order valence-corrected chi connectivity index (χ0v) is 15.4. The van der Waals surface area contributed by atoms with Crippen LogP contribution < -0.4 is 0 Å². The Balaban J connectivity index is 1.71. The predicted octanol–water partition coefficient (Wildman–Crippen LogP) is 6.80. The second kappa shape index (κ2) is 11.3. The van der Waals surface area contributed by atoms with Crippen molar-refractivity contribution in [3.8, 4) is 0 Å². The van der Waals surface area contributed by atoms with Gasteiger partial charge in [0.05, 0.1) is 13.2 Å². The molecule has 24 heavy (non-hydrogen) atoms. The van der Waals surface area contributed by atoms with Crippen LogP contribution in [0.2, 0.25) is 0 Å². The highest BCUT2D eigenvalue weighted by atomic mass is 16.5. The van der Waals surface area contributed by atoms with Crippen molar-refractivity contribution in [1.82, 2.24) is 0 Å². The molecule has 0 aromatic heterocycles. The van der Waals surface area contributed by atoms with E-state index in [1.807, 2.05) is 0 Å². The first-order valence-electron chi connectivity index (χ1n) is 9.76. The molecule has 1 aliphatic rings. The molecule has 1 nitrogen and oxygen atoms in total. The molecule has 0 aliphatic heterocycles. The monoisotopic (exact) mass is 326 g/mol. The number of rotatable bonds is 10. The Kier molecular flexibility index (Phi) is 8.91. The van der Waals surface area contributed by atoms with E-state index in [4.69, 9.17) is 4.74 Å². The van der Waals surface area contributed by atoms with Crippen molar-refractivity contribution in [3.63, 3.8) is 0 Å². The van der Waals surface area contributed by atoms with Gasteiger partial charge in [-0.05, 0) is 67.9 Å². The van der Waals surface area contributed by atoms with Crippen LogP contribution in [0.25, 0.3) is 0 Å². The Labute approximate surface area is 148 Å². The molecule has 0 bridgehead atoms. The molecule has 0 radical (unpaired) electrons. The lowest BCUT2D eigenvalue weighted by Crippen LogP contribution is -2.13. The molecule has 0 spiro atoms. The predicted molar refractivity (Wildman–Crippen MR) is 104 cm³/mol. The molecule has 0 saturated heterocycles. The van der Waals surface area contributed by atoms with Gasteiger partial charge in [0.25, 0.3) is 0 Å². The second-order valence-electron chi connectivity index (χ2n) is 7.07. The lowest BCUT2D eigenvalue weighted by molar-refractivity contribution is 0.148. The molecule has 1 aliphatic carbocycles. The summed E-state index contributed by atoms with van der Waals surface area (Å²) in [4.78, 5) is 0. The maximum absolute atomic E-state index is 5.67. The van der Waals surface area contributed by atoms with E-state index in [0.717, 1.165) is 18.3 Å². The third-order valence-corrected chi connectivity index (χ3v) is 5.20. The van der Waals surface area contributed by atoms with E-state index in [2.05, 4.69) is 56.0 Å². The van der Waals surface area contributed by atoms with Gasteiger partial charge >= 0.3 is 0 Å². The minimum atomic E-state index is 0.713. The number of hydrogen-bond donors (Lipinski definition) is 0. The van der Waals surface area contributed by atoms with Gasteiger partial charge in [-0.2, -0.15) is 0 Å². The van der Waals surface area contributed by atoms with Crippen molar-refractivity contribution >= 4 is 0 Å². The molecule has 1 aromatic rings. The third kappa shape index (κ3) is 6.65. The lowest BCUT2D eigenvalue weighted by Gasteiger charge is -2.29. The van der Waals surface area contributed by atoms with Gasteiger partial charge in [0.2, 0.25) is 0 Å². The Hall–Kier alpha value is -1.34. The van der Waals surface area contributed by atoms with E-state index in [1.165, 1.54) is 56.1 Å². The molecule has 132 valence electrons. The summed E-state index contributed by atoms with van der Waals surface area (Å²) in [5.74, 6) is 1.72. The maximum atomic E-state index is 5.67. The highest BCUT2D eigenvalue weighted by Gasteiger charge is 2.21. The van der Waals surface area contributed by atoms with Gasteiger partial charge in [-0.15, -0.1) is 6.58 Å². The van der Waals surface area contributed by atoms with Gasteiger partial charge in [0.1, 0.15) is 0 Å². The fraction of sp³-hybridized carbons (Fsp3) is 0.565. The van der Waals surface area contributed by atoms with Crippen molar-refractivity contribution in [2.45, 2.75) is 70.8 Å². The van der Waals surface area contributed by atoms with Crippen molar-refractivity contribution in [2.24, 2.45) is 5.92 Å². The Morgan fingerprint density at radius 2 is 1.83 bits per heavy atom. The fourth-order valence-electron chi connectivity index (χ4n) is 3.70. The fourth-order valence-corrected chi connectivity index (χ4v) is 3.70. The molecular formula is C23H34O. The number of benzene rings is 1. The summed E-state index contributed by atoms with van der Waals surface area (Å²) in [5.41, 5.74) is 2.80. The van der Waals surface area contributed by atoms with Gasteiger partial charge in [-0.3, -0.25) is 0 Å². The Morgan fingerprint density at radius 3 is 2.50 bits per heavy atom. The molecule has 1 fully saturated rings. The van der Waals surface area contributed by atoms with E-state index in [0.29, 0.717) is 13.2 Å². The van der Waals surface area contributed by atoms with Gasteiger partial charge in [-0.1, -0.05) is 55.8 Å². The molecule has 0 heterocycles. The van der Waals surface area contributed by atoms with Crippen molar-refractivity contribution in [3.05, 3.63) is 60.2 Å². The zero-order chi connectivity index (χ0) is 17.0. The first-order chi connectivity index (χ1) is 11.8. The number of allylic oxidation sites excluding steroid dienone is 2. The zero-order valence-electron chi connectivity index (χ0n) is 15.4. The molecular weight excluding hydrogens is 292 g/mol. The van der Waals surface area contributed by atoms with Crippen LogP contribution in [0.4, 0.5) is 0 Å². The summed E-state index contributed by atoms with van der Waals surface area (Å²) < 4.78 is 5.67. The minimum absolute atomic E-state index is 0.713. The van der Waals surface area contributed by atoms with Crippen LogP contribution in [0.5, 0.6) is 0 Å². The highest BCUT2D eigenvalue weighted by Crippen LogP contribution is 2.37. The van der Waals surface area contributed by atoms with Crippen LogP contribution >= 0.6 is 0 Å². The maximum Gasteiger partial charge on any atom is 0.0721 e. The van der Waals surface area contributed by atoms with Crippen LogP contribution in [0.1, 0.15) is 75.3 Å². The average molecular weight is 327 g/mol. The smallest absolute Gasteiger partial charge is 0.0721 e. The molecule has 2 rings (SSSR count). The SMILES string of the molecule is C=CCCC[C@H]1CC[C@H](c2ccc(COCC=CCC)cc2)CC1. The molecule has 0 atom stereocenters. The molecule has 0 amide bonds. The van der Waals surface area contributed by atoms with Gasteiger partial charge in [0, 0.05) is 0 Å². The topological polar surface area (TPSA) is 9.23 Å². The van der Waals surface area contributed by atoms with Crippen LogP contribution in [-0.2, 0) is 11.3 Å². The second-order valence-corrected chi connectivity index (χ2v) is 7.07. The molecule has 1 heteroatoms. The number of hydrogen-bond acceptors (Lipinski definition) is 1. The summed E-state index contributed by atoms with van der Waals surface area (Å²) in [6, 6.07) is 9.14. The van der Waals surface area contributed by atoms with Crippen LogP contribution in [0.15, 0.2) is 49.1 Å². The van der Waals surface area contributed by atoms with E-state index in [-0.39, 0.29) is 0 Å². The lowest BCUT2D eigenvalue weighted by atomic mass is 9.77. The highest BCUT2D eigenvalue weighted by molar-refractivity contribution is 5.25. The standard InChI is InChI=1S/C23H34O/c1-3-5-7-9-20-10-14-22(15-11-20)23-16-12-21(13-17-23)19-24-18-8-6-4-2/h3,6,8,12-13,16-17,20,22H,1,4-5,7,9-11,14-15,18-19H2,2H3/t20-,22-. The van der Waals surface area contributed by atoms with Crippen molar-refractivity contribution in [2.75, 3.05) is 6.61 Å². The molecule has 1 aromatic carbocycles. The van der Waals surface area contributed by atoms with Gasteiger partial charge in [-0.25, -0.2) is 0 Å². The summed E-state index contributed by atoms with van der Waals surface area (Å²) >= 11 is 0. The molecule has 1 saturated carbocycles. The first-order valence-corrected chi connectivity index (χ1v) is 9.76. The summed E-state index contributed by atoms with van der Waals surface area (Å²) in [7, 11) is 0. The third-order valence-electron chi connectivity index (χ3n) is 5.20. The van der Waals surface area contributed by atoms with Crippen LogP contribution in [0.3, 0.4) is 0 Å². The quantitative estimate of drug-likeness (QED) is 0.339. The van der Waals surface area contributed by atoms with Crippen molar-refractivity contribution in [1.29, 1.82) is 0 Å². The summed E-state index contributed by atoms with van der Waals surface area (Å²) in [6.07, 6.45) is 16.8. The summed E-state index contributed by atoms with van der Waals surface area (Å²) in [5, 5.41) is 0. The van der Waals surface area contributed by atoms with Crippen LogP contribution in [0, 0.1) is 5.92 Å². The van der Waals surface area contributed by atoms with E-state index < -0.39 is 0 Å². The van der Waals surface area contributed by atoms with E-state index >= 15 is 0 Å². The largest absolute Gasteiger partial charge is 0.373 e. The normalized spacial score (nSPS) is 21.2. The van der Waals surface area contributed by atoms with E-state index in [1.54, 1.807) is 0 Å². The molecule has 0 unspecified atom stereocenters. The van der Waals surface area contributed by atoms with Gasteiger partial charge < -0.3 is 4.74 Å². The molecule has 0 N–H and O–H groups in total. The van der Waals surface area contributed by atoms with Crippen molar-refractivity contribution < 1.29 is 4.74 Å². The minimum Gasteiger partial charge on any atom is -0.373 e. The summed E-state index contributed by atoms with van der Waals surface area (Å²) in [6.45, 7) is 7.39. The number of unbranched alkanes of at least 4 members (excludes halogenated alkanes) is 1.